The summed E-state index contributed by atoms with van der Waals surface area (Å²) in [4.78, 5) is 53.9. The minimum Gasteiger partial charge on any atom is -0.478 e. The second-order valence-electron chi connectivity index (χ2n) is 11.3. The van der Waals surface area contributed by atoms with Crippen LogP contribution in [0.1, 0.15) is 81.0 Å². The molecule has 7 heteroatoms. The van der Waals surface area contributed by atoms with Crippen molar-refractivity contribution in [2.45, 2.75) is 47.0 Å². The molecule has 7 nitrogen and oxygen atoms in total. The van der Waals surface area contributed by atoms with E-state index in [4.69, 9.17) is 14.3 Å². The van der Waals surface area contributed by atoms with E-state index >= 15 is 0 Å². The number of carboxylic acid groups (broad SMARTS) is 1. The van der Waals surface area contributed by atoms with Gasteiger partial charge < -0.3 is 9.84 Å². The van der Waals surface area contributed by atoms with Crippen LogP contribution in [-0.4, -0.2) is 28.8 Å². The van der Waals surface area contributed by atoms with Crippen LogP contribution in [0.5, 0.6) is 11.5 Å². The van der Waals surface area contributed by atoms with Gasteiger partial charge in [0.05, 0.1) is 5.56 Å². The first-order valence-corrected chi connectivity index (χ1v) is 14.4. The van der Waals surface area contributed by atoms with Crippen molar-refractivity contribution in [2.75, 3.05) is 0 Å². The highest BCUT2D eigenvalue weighted by molar-refractivity contribution is 6.06. The highest BCUT2D eigenvalue weighted by atomic mass is 16.5. The standard InChI is InChI=1S/C36H36O5.CO2/c1-23(2)18-25-8-13-30(14-9-25)41-31-15-10-26(11-16-31)22-34(37)32-17-12-28(21-33(32)36(39)40)19-27-6-5-7-29(20-27)35(38)24(3)4;2-1-3/h5-17,20-21,23-24H,18-19,22H2,1-4H3,(H,39,40);. The molecule has 0 unspecified atom stereocenters. The van der Waals surface area contributed by atoms with Gasteiger partial charge in [-0.3, -0.25) is 9.59 Å². The Morgan fingerprint density at radius 2 is 1.25 bits per heavy atom. The first-order valence-electron chi connectivity index (χ1n) is 14.4. The SMILES string of the molecule is CC(C)Cc1ccc(Oc2ccc(CC(=O)c3ccc(Cc4cccc(C(=O)C(C)C)c4)cc3C(=O)O)cc2)cc1.O=C=O. The fourth-order valence-corrected chi connectivity index (χ4v) is 4.78. The number of aromatic carboxylic acids is 1. The van der Waals surface area contributed by atoms with Crippen molar-refractivity contribution in [3.8, 4) is 11.5 Å². The van der Waals surface area contributed by atoms with Gasteiger partial charge >= 0.3 is 12.1 Å². The normalized spacial score (nSPS) is 10.5. The number of hydrogen-bond donors (Lipinski definition) is 1. The van der Waals surface area contributed by atoms with Crippen molar-refractivity contribution in [3.05, 3.63) is 130 Å². The van der Waals surface area contributed by atoms with E-state index in [1.807, 2.05) is 68.4 Å². The Labute approximate surface area is 257 Å². The fraction of sp³-hybridized carbons (Fsp3) is 0.243. The number of carbonyl (C=O) groups is 3. The maximum atomic E-state index is 13.1. The number of ether oxygens (including phenoxy) is 1. The zero-order chi connectivity index (χ0) is 32.2. The number of benzene rings is 4. The third kappa shape index (κ3) is 9.72. The van der Waals surface area contributed by atoms with Gasteiger partial charge in [-0.05, 0) is 77.4 Å². The molecule has 0 radical (unpaired) electrons. The molecule has 4 aromatic carbocycles. The topological polar surface area (TPSA) is 115 Å². The molecule has 0 atom stereocenters. The van der Waals surface area contributed by atoms with Crippen LogP contribution in [0, 0.1) is 11.8 Å². The molecule has 0 fully saturated rings. The lowest BCUT2D eigenvalue weighted by atomic mass is 9.93. The molecule has 226 valence electrons. The molecule has 0 aliphatic heterocycles. The average Bonchev–Trinajstić information content (AvgIpc) is 2.99. The van der Waals surface area contributed by atoms with Gasteiger partial charge in [0.2, 0.25) is 0 Å². The molecule has 0 aromatic heterocycles. The Morgan fingerprint density at radius 1 is 0.705 bits per heavy atom. The Bertz CT molecular complexity index is 1630. The van der Waals surface area contributed by atoms with Crippen molar-refractivity contribution < 1.29 is 33.8 Å². The molecular formula is C37H36O7. The van der Waals surface area contributed by atoms with E-state index in [9.17, 15) is 19.5 Å². The lowest BCUT2D eigenvalue weighted by Gasteiger charge is -2.11. The number of hydrogen-bond acceptors (Lipinski definition) is 6. The number of Topliss-reactive ketones (excluding diaryl/α,β-unsaturated/α-hetero) is 2. The summed E-state index contributed by atoms with van der Waals surface area (Å²) < 4.78 is 5.95. The van der Waals surface area contributed by atoms with Crippen LogP contribution in [0.15, 0.2) is 91.0 Å². The molecule has 0 saturated heterocycles. The molecule has 0 aliphatic carbocycles. The zero-order valence-corrected chi connectivity index (χ0v) is 25.3. The van der Waals surface area contributed by atoms with Crippen LogP contribution in [0.4, 0.5) is 0 Å². The van der Waals surface area contributed by atoms with E-state index in [0.29, 0.717) is 23.7 Å². The van der Waals surface area contributed by atoms with E-state index in [1.165, 1.54) is 5.56 Å². The van der Waals surface area contributed by atoms with E-state index in [-0.39, 0.29) is 41.2 Å². The molecule has 0 amide bonds. The molecule has 0 heterocycles. The van der Waals surface area contributed by atoms with E-state index in [1.54, 1.807) is 24.3 Å². The summed E-state index contributed by atoms with van der Waals surface area (Å²) in [6.07, 6.45) is 1.79. The third-order valence-electron chi connectivity index (χ3n) is 6.85. The second-order valence-corrected chi connectivity index (χ2v) is 11.3. The number of carboxylic acids is 1. The van der Waals surface area contributed by atoms with Crippen molar-refractivity contribution in [1.29, 1.82) is 0 Å². The lowest BCUT2D eigenvalue weighted by Crippen LogP contribution is -2.12. The van der Waals surface area contributed by atoms with Gasteiger partial charge in [0.15, 0.2) is 11.6 Å². The van der Waals surface area contributed by atoms with Crippen molar-refractivity contribution in [2.24, 2.45) is 11.8 Å². The van der Waals surface area contributed by atoms with Crippen molar-refractivity contribution in [3.63, 3.8) is 0 Å². The largest absolute Gasteiger partial charge is 0.478 e. The van der Waals surface area contributed by atoms with Crippen LogP contribution in [0.25, 0.3) is 0 Å². The quantitative estimate of drug-likeness (QED) is 0.168. The summed E-state index contributed by atoms with van der Waals surface area (Å²) in [5.41, 5.74) is 4.48. The minimum absolute atomic E-state index is 0.0252. The van der Waals surface area contributed by atoms with Gasteiger partial charge in [-0.1, -0.05) is 82.3 Å². The molecule has 44 heavy (non-hydrogen) atoms. The van der Waals surface area contributed by atoms with Crippen LogP contribution in [0.3, 0.4) is 0 Å². The highest BCUT2D eigenvalue weighted by Crippen LogP contribution is 2.24. The smallest absolute Gasteiger partial charge is 0.373 e. The van der Waals surface area contributed by atoms with Gasteiger partial charge in [-0.15, -0.1) is 0 Å². The van der Waals surface area contributed by atoms with Crippen LogP contribution < -0.4 is 4.74 Å². The lowest BCUT2D eigenvalue weighted by molar-refractivity contribution is -0.191. The highest BCUT2D eigenvalue weighted by Gasteiger charge is 2.18. The Kier molecular flexibility index (Phi) is 12.1. The Hall–Kier alpha value is -5.13. The van der Waals surface area contributed by atoms with E-state index in [2.05, 4.69) is 26.0 Å². The Balaban J connectivity index is 0.00000169. The molecule has 4 aromatic rings. The summed E-state index contributed by atoms with van der Waals surface area (Å²) in [6.45, 7) is 8.10. The summed E-state index contributed by atoms with van der Waals surface area (Å²) in [7, 11) is 0. The molecule has 1 N–H and O–H groups in total. The van der Waals surface area contributed by atoms with Gasteiger partial charge in [0, 0.05) is 23.5 Å². The van der Waals surface area contributed by atoms with Gasteiger partial charge in [0.1, 0.15) is 11.5 Å². The molecular weight excluding hydrogens is 556 g/mol. The predicted octanol–water partition coefficient (Wildman–Crippen LogP) is 7.65. The summed E-state index contributed by atoms with van der Waals surface area (Å²) in [5.74, 6) is 0.527. The summed E-state index contributed by atoms with van der Waals surface area (Å²) >= 11 is 0. The van der Waals surface area contributed by atoms with E-state index in [0.717, 1.165) is 28.9 Å². The van der Waals surface area contributed by atoms with Crippen LogP contribution in [0.2, 0.25) is 0 Å². The summed E-state index contributed by atoms with van der Waals surface area (Å²) in [5, 5.41) is 9.87. The van der Waals surface area contributed by atoms with Gasteiger partial charge in [-0.25, -0.2) is 4.79 Å². The Morgan fingerprint density at radius 3 is 1.80 bits per heavy atom. The molecule has 0 saturated carbocycles. The number of ketones is 2. The first-order chi connectivity index (χ1) is 21.0. The summed E-state index contributed by atoms with van der Waals surface area (Å²) in [6, 6.07) is 27.6. The number of carbonyl (C=O) groups excluding carboxylic acids is 4. The predicted molar refractivity (Wildman–Crippen MR) is 166 cm³/mol. The monoisotopic (exact) mass is 592 g/mol. The number of rotatable bonds is 12. The van der Waals surface area contributed by atoms with E-state index < -0.39 is 5.97 Å². The van der Waals surface area contributed by atoms with Crippen LogP contribution >= 0.6 is 0 Å². The van der Waals surface area contributed by atoms with Gasteiger partial charge in [-0.2, -0.15) is 9.59 Å². The fourth-order valence-electron chi connectivity index (χ4n) is 4.78. The average molecular weight is 593 g/mol. The maximum Gasteiger partial charge on any atom is 0.373 e. The third-order valence-corrected chi connectivity index (χ3v) is 6.85. The first kappa shape index (κ1) is 33.4. The van der Waals surface area contributed by atoms with Crippen molar-refractivity contribution >= 4 is 23.7 Å². The minimum atomic E-state index is -1.15. The second kappa shape index (κ2) is 15.9. The molecule has 0 spiro atoms. The zero-order valence-electron chi connectivity index (χ0n) is 25.3. The van der Waals surface area contributed by atoms with Crippen LogP contribution in [-0.2, 0) is 28.9 Å². The maximum absolute atomic E-state index is 13.1. The van der Waals surface area contributed by atoms with Gasteiger partial charge in [0.25, 0.3) is 0 Å². The molecule has 4 rings (SSSR count). The molecule has 0 aliphatic rings. The van der Waals surface area contributed by atoms with Crippen molar-refractivity contribution in [1.82, 2.24) is 0 Å². The molecule has 0 bridgehead atoms.